The standard InChI is InChI=1S/C10H8O.C7H10N2.H2O4S/c11-10-7-3-5-8-4-1-2-6-9(8)10;1-5-4-6(8)2-3-7(5)9;1-5(2,3)4/h1-7,11H;2-4H,8-9H2,1H3;(H2,1,2,3,4). The third kappa shape index (κ3) is 8.02. The predicted octanol–water partition coefficient (Wildman–Crippen LogP) is 3.05. The lowest BCUT2D eigenvalue weighted by Gasteiger charge is -1.98. The quantitative estimate of drug-likeness (QED) is 0.304. The molecule has 134 valence electrons. The maximum Gasteiger partial charge on any atom is 0.394 e. The first kappa shape index (κ1) is 20.2. The monoisotopic (exact) mass is 364 g/mol. The first-order valence-corrected chi connectivity index (χ1v) is 8.46. The highest BCUT2D eigenvalue weighted by Gasteiger charge is 1.94. The summed E-state index contributed by atoms with van der Waals surface area (Å²) in [4.78, 5) is 0. The number of aryl methyl sites for hydroxylation is 1. The second-order valence-corrected chi connectivity index (χ2v) is 5.96. The van der Waals surface area contributed by atoms with Crippen molar-refractivity contribution in [2.45, 2.75) is 6.92 Å². The van der Waals surface area contributed by atoms with Crippen molar-refractivity contribution in [2.75, 3.05) is 11.5 Å². The Balaban J connectivity index is 0.000000202. The molecule has 0 heterocycles. The van der Waals surface area contributed by atoms with Crippen molar-refractivity contribution in [3.8, 4) is 5.75 Å². The van der Waals surface area contributed by atoms with Crippen LogP contribution >= 0.6 is 0 Å². The molecule has 7 N–H and O–H groups in total. The number of nitrogens with two attached hydrogens (primary N) is 2. The van der Waals surface area contributed by atoms with Gasteiger partial charge in [-0.25, -0.2) is 0 Å². The summed E-state index contributed by atoms with van der Waals surface area (Å²) in [5, 5.41) is 11.4. The van der Waals surface area contributed by atoms with Crippen LogP contribution in [0, 0.1) is 6.92 Å². The molecule has 0 atom stereocenters. The van der Waals surface area contributed by atoms with E-state index in [9.17, 15) is 5.11 Å². The highest BCUT2D eigenvalue weighted by molar-refractivity contribution is 7.79. The number of hydrogen-bond donors (Lipinski definition) is 5. The molecule has 8 heteroatoms. The fraction of sp³-hybridized carbons (Fsp3) is 0.0588. The Hall–Kier alpha value is -2.81. The predicted molar refractivity (Wildman–Crippen MR) is 99.8 cm³/mol. The van der Waals surface area contributed by atoms with Gasteiger partial charge in [-0.3, -0.25) is 9.11 Å². The molecule has 25 heavy (non-hydrogen) atoms. The molecule has 0 aromatic heterocycles. The minimum absolute atomic E-state index is 0.350. The third-order valence-electron chi connectivity index (χ3n) is 3.06. The smallest absolute Gasteiger partial charge is 0.394 e. The van der Waals surface area contributed by atoms with Crippen molar-refractivity contribution >= 4 is 32.5 Å². The van der Waals surface area contributed by atoms with Crippen LogP contribution in [0.3, 0.4) is 0 Å². The fourth-order valence-corrected chi connectivity index (χ4v) is 1.91. The summed E-state index contributed by atoms with van der Waals surface area (Å²) >= 11 is 0. The minimum Gasteiger partial charge on any atom is -0.507 e. The molecule has 0 fully saturated rings. The average molecular weight is 364 g/mol. The molecule has 0 spiro atoms. The molecular weight excluding hydrogens is 344 g/mol. The van der Waals surface area contributed by atoms with Crippen LogP contribution in [0.15, 0.2) is 60.7 Å². The summed E-state index contributed by atoms with van der Waals surface area (Å²) in [5.41, 5.74) is 13.6. The molecule has 0 saturated carbocycles. The summed E-state index contributed by atoms with van der Waals surface area (Å²) < 4.78 is 31.6. The van der Waals surface area contributed by atoms with Gasteiger partial charge >= 0.3 is 10.4 Å². The number of benzene rings is 3. The zero-order valence-corrected chi connectivity index (χ0v) is 14.3. The summed E-state index contributed by atoms with van der Waals surface area (Å²) in [5.74, 6) is 0.350. The number of phenols is 1. The minimum atomic E-state index is -4.67. The molecule has 0 bridgehead atoms. The van der Waals surface area contributed by atoms with Crippen LogP contribution in [0.4, 0.5) is 11.4 Å². The van der Waals surface area contributed by atoms with Crippen LogP contribution in [0.2, 0.25) is 0 Å². The van der Waals surface area contributed by atoms with Crippen molar-refractivity contribution in [3.63, 3.8) is 0 Å². The van der Waals surface area contributed by atoms with E-state index in [-0.39, 0.29) is 0 Å². The number of rotatable bonds is 0. The van der Waals surface area contributed by atoms with Gasteiger partial charge in [0.05, 0.1) is 0 Å². The number of hydrogen-bond acceptors (Lipinski definition) is 5. The molecule has 0 aliphatic rings. The van der Waals surface area contributed by atoms with E-state index in [4.69, 9.17) is 29.0 Å². The van der Waals surface area contributed by atoms with Gasteiger partial charge in [-0.2, -0.15) is 8.42 Å². The number of aromatic hydroxyl groups is 1. The Labute approximate surface area is 146 Å². The Morgan fingerprint density at radius 1 is 0.880 bits per heavy atom. The molecular formula is C17H20N2O5S. The van der Waals surface area contributed by atoms with E-state index in [1.165, 1.54) is 0 Å². The first-order chi connectivity index (χ1) is 11.6. The molecule has 0 radical (unpaired) electrons. The molecule has 0 unspecified atom stereocenters. The maximum absolute atomic E-state index is 9.37. The average Bonchev–Trinajstić information content (AvgIpc) is 2.51. The molecule has 0 amide bonds. The second kappa shape index (κ2) is 8.88. The lowest BCUT2D eigenvalue weighted by molar-refractivity contribution is 0.381. The van der Waals surface area contributed by atoms with Gasteiger partial charge in [0.15, 0.2) is 0 Å². The van der Waals surface area contributed by atoms with E-state index in [1.807, 2.05) is 55.5 Å². The number of phenolic OH excluding ortho intramolecular Hbond substituents is 1. The van der Waals surface area contributed by atoms with E-state index in [0.717, 1.165) is 27.7 Å². The van der Waals surface area contributed by atoms with Crippen LogP contribution in [0.5, 0.6) is 5.75 Å². The zero-order chi connectivity index (χ0) is 19.0. The van der Waals surface area contributed by atoms with Crippen LogP contribution in [0.25, 0.3) is 10.8 Å². The normalized spacial score (nSPS) is 10.2. The number of nitrogen functional groups attached to an aromatic ring is 2. The Morgan fingerprint density at radius 2 is 1.44 bits per heavy atom. The third-order valence-corrected chi connectivity index (χ3v) is 3.06. The van der Waals surface area contributed by atoms with Gasteiger partial charge in [0, 0.05) is 16.8 Å². The molecule has 0 aliphatic carbocycles. The van der Waals surface area contributed by atoms with Crippen molar-refractivity contribution in [1.82, 2.24) is 0 Å². The van der Waals surface area contributed by atoms with Gasteiger partial charge in [0.25, 0.3) is 0 Å². The summed E-state index contributed by atoms with van der Waals surface area (Å²) in [7, 11) is -4.67. The van der Waals surface area contributed by atoms with E-state index in [2.05, 4.69) is 0 Å². The molecule has 0 aliphatic heterocycles. The summed E-state index contributed by atoms with van der Waals surface area (Å²) in [6, 6.07) is 18.8. The first-order valence-electron chi connectivity index (χ1n) is 7.06. The van der Waals surface area contributed by atoms with E-state index in [0.29, 0.717) is 5.75 Å². The van der Waals surface area contributed by atoms with Gasteiger partial charge in [-0.1, -0.05) is 36.4 Å². The zero-order valence-electron chi connectivity index (χ0n) is 13.5. The van der Waals surface area contributed by atoms with Crippen LogP contribution in [0.1, 0.15) is 5.56 Å². The Morgan fingerprint density at radius 3 is 1.96 bits per heavy atom. The van der Waals surface area contributed by atoms with E-state index in [1.54, 1.807) is 12.1 Å². The van der Waals surface area contributed by atoms with Crippen molar-refractivity contribution < 1.29 is 22.6 Å². The number of anilines is 2. The van der Waals surface area contributed by atoms with Crippen LogP contribution in [-0.4, -0.2) is 22.6 Å². The van der Waals surface area contributed by atoms with Crippen molar-refractivity contribution in [1.29, 1.82) is 0 Å². The highest BCUT2D eigenvalue weighted by Crippen LogP contribution is 2.22. The van der Waals surface area contributed by atoms with Gasteiger partial charge < -0.3 is 16.6 Å². The lowest BCUT2D eigenvalue weighted by atomic mass is 10.1. The highest BCUT2D eigenvalue weighted by atomic mass is 32.3. The van der Waals surface area contributed by atoms with Crippen LogP contribution in [-0.2, 0) is 10.4 Å². The maximum atomic E-state index is 9.37. The van der Waals surface area contributed by atoms with E-state index >= 15 is 0 Å². The van der Waals surface area contributed by atoms with Crippen molar-refractivity contribution in [3.05, 3.63) is 66.2 Å². The van der Waals surface area contributed by atoms with Gasteiger partial charge in [-0.15, -0.1) is 0 Å². The number of fused-ring (bicyclic) bond motifs is 1. The van der Waals surface area contributed by atoms with Gasteiger partial charge in [-0.05, 0) is 42.1 Å². The Kier molecular flexibility index (Phi) is 7.19. The topological polar surface area (TPSA) is 147 Å². The Bertz CT molecular complexity index is 929. The molecule has 3 rings (SSSR count). The van der Waals surface area contributed by atoms with Crippen molar-refractivity contribution in [2.24, 2.45) is 0 Å². The molecule has 3 aromatic rings. The van der Waals surface area contributed by atoms with Gasteiger partial charge in [0.1, 0.15) is 5.75 Å². The summed E-state index contributed by atoms with van der Waals surface area (Å²) in [6.07, 6.45) is 0. The fourth-order valence-electron chi connectivity index (χ4n) is 1.91. The molecule has 3 aromatic carbocycles. The van der Waals surface area contributed by atoms with Crippen LogP contribution < -0.4 is 11.5 Å². The SMILES string of the molecule is Cc1cc(N)ccc1N.O=S(=O)(O)O.Oc1cccc2ccccc12. The lowest BCUT2D eigenvalue weighted by Crippen LogP contribution is -1.91. The van der Waals surface area contributed by atoms with Gasteiger partial charge in [0.2, 0.25) is 0 Å². The largest absolute Gasteiger partial charge is 0.507 e. The molecule has 7 nitrogen and oxygen atoms in total. The molecule has 0 saturated heterocycles. The second-order valence-electron chi connectivity index (χ2n) is 5.06. The van der Waals surface area contributed by atoms with E-state index < -0.39 is 10.4 Å². The summed E-state index contributed by atoms with van der Waals surface area (Å²) in [6.45, 7) is 1.94.